The van der Waals surface area contributed by atoms with Crippen molar-refractivity contribution in [3.8, 4) is 11.4 Å². The number of anilines is 2. The average molecular weight is 348 g/mol. The number of carbonyl (C=O) groups is 2. The number of aromatic nitrogens is 4. The molecule has 10 heteroatoms. The molecular formula is C15H20N6O4. The second-order valence-electron chi connectivity index (χ2n) is 6.30. The number of hydrogen-bond donors (Lipinski definition) is 3. The zero-order valence-electron chi connectivity index (χ0n) is 14.6. The van der Waals surface area contributed by atoms with E-state index in [2.05, 4.69) is 25.9 Å². The summed E-state index contributed by atoms with van der Waals surface area (Å²) in [5, 5.41) is 21.5. The minimum atomic E-state index is -1.23. The van der Waals surface area contributed by atoms with Gasteiger partial charge >= 0.3 is 12.2 Å². The summed E-state index contributed by atoms with van der Waals surface area (Å²) in [5.41, 5.74) is 1.10. The summed E-state index contributed by atoms with van der Waals surface area (Å²) in [7, 11) is 1.56. The van der Waals surface area contributed by atoms with Gasteiger partial charge < -0.3 is 9.84 Å². The van der Waals surface area contributed by atoms with Crippen molar-refractivity contribution in [1.82, 2.24) is 20.0 Å². The number of hydrogen-bond acceptors (Lipinski definition) is 6. The van der Waals surface area contributed by atoms with Crippen LogP contribution in [-0.2, 0) is 11.8 Å². The molecule has 0 aliphatic heterocycles. The Bertz CT molecular complexity index is 809. The van der Waals surface area contributed by atoms with E-state index in [1.807, 2.05) is 0 Å². The van der Waals surface area contributed by atoms with E-state index in [-0.39, 0.29) is 11.5 Å². The molecule has 2 rings (SSSR count). The Labute approximate surface area is 144 Å². The molecule has 2 aromatic heterocycles. The molecule has 0 atom stereocenters. The van der Waals surface area contributed by atoms with Crippen LogP contribution in [0.5, 0.6) is 0 Å². The molecule has 0 unspecified atom stereocenters. The lowest BCUT2D eigenvalue weighted by Crippen LogP contribution is -2.27. The van der Waals surface area contributed by atoms with Gasteiger partial charge in [0.1, 0.15) is 5.60 Å². The van der Waals surface area contributed by atoms with E-state index in [1.165, 1.54) is 4.68 Å². The zero-order chi connectivity index (χ0) is 18.8. The van der Waals surface area contributed by atoms with E-state index in [4.69, 9.17) is 9.84 Å². The van der Waals surface area contributed by atoms with Gasteiger partial charge in [-0.3, -0.25) is 10.6 Å². The second kappa shape index (κ2) is 6.75. The largest absolute Gasteiger partial charge is 0.465 e. The molecule has 3 N–H and O–H groups in total. The van der Waals surface area contributed by atoms with Crippen LogP contribution in [0.1, 0.15) is 26.5 Å². The minimum absolute atomic E-state index is 0.201. The smallest absolute Gasteiger partial charge is 0.412 e. The number of rotatable bonds is 3. The molecule has 134 valence electrons. The van der Waals surface area contributed by atoms with Crippen LogP contribution in [0.4, 0.5) is 21.1 Å². The Morgan fingerprint density at radius 1 is 1.24 bits per heavy atom. The summed E-state index contributed by atoms with van der Waals surface area (Å²) in [6, 6.07) is 3.25. The van der Waals surface area contributed by atoms with Crippen molar-refractivity contribution >= 4 is 23.7 Å². The third-order valence-corrected chi connectivity index (χ3v) is 3.02. The maximum atomic E-state index is 11.9. The van der Waals surface area contributed by atoms with Gasteiger partial charge in [0.2, 0.25) is 0 Å². The first-order chi connectivity index (χ1) is 11.6. The highest BCUT2D eigenvalue weighted by Crippen LogP contribution is 2.26. The number of ether oxygens (including phenoxy) is 1. The first-order valence-electron chi connectivity index (χ1n) is 7.44. The van der Waals surface area contributed by atoms with E-state index in [1.54, 1.807) is 46.9 Å². The van der Waals surface area contributed by atoms with E-state index in [0.29, 0.717) is 17.1 Å². The topological polar surface area (TPSA) is 131 Å². The third kappa shape index (κ3) is 4.66. The molecular weight excluding hydrogens is 328 g/mol. The molecule has 10 nitrogen and oxygen atoms in total. The standard InChI is InChI=1S/C15H20N6O4/c1-8-9(17-14(24)25-15(2,3)4)6-7-10(16-8)11-12(18-13(22)23)21(5)20-19-11/h6-7,18H,1-5H3,(H,17,24)(H,22,23). The SMILES string of the molecule is Cc1nc(-c2nnn(C)c2NC(=O)O)ccc1NC(=O)OC(C)(C)C. The number of nitrogens with one attached hydrogen (secondary N) is 2. The molecule has 0 aliphatic carbocycles. The number of carbonyl (C=O) groups excluding carboxylic acids is 1. The van der Waals surface area contributed by atoms with Gasteiger partial charge in [-0.2, -0.15) is 0 Å². The van der Waals surface area contributed by atoms with Crippen molar-refractivity contribution in [3.05, 3.63) is 17.8 Å². The lowest BCUT2D eigenvalue weighted by atomic mass is 10.2. The summed E-state index contributed by atoms with van der Waals surface area (Å²) >= 11 is 0. The Morgan fingerprint density at radius 2 is 1.92 bits per heavy atom. The van der Waals surface area contributed by atoms with Gasteiger partial charge in [-0.15, -0.1) is 5.10 Å². The van der Waals surface area contributed by atoms with Crippen molar-refractivity contribution in [2.75, 3.05) is 10.6 Å². The summed E-state index contributed by atoms with van der Waals surface area (Å²) < 4.78 is 6.50. The first kappa shape index (κ1) is 18.2. The third-order valence-electron chi connectivity index (χ3n) is 3.02. The Hall–Kier alpha value is -3.17. The normalized spacial score (nSPS) is 11.1. The zero-order valence-corrected chi connectivity index (χ0v) is 14.6. The van der Waals surface area contributed by atoms with E-state index in [0.717, 1.165) is 0 Å². The molecule has 0 aromatic carbocycles. The highest BCUT2D eigenvalue weighted by Gasteiger charge is 2.19. The molecule has 0 spiro atoms. The number of nitrogens with zero attached hydrogens (tertiary/aromatic N) is 4. The molecule has 0 saturated heterocycles. The van der Waals surface area contributed by atoms with Gasteiger partial charge in [0.25, 0.3) is 0 Å². The first-order valence-corrected chi connectivity index (χ1v) is 7.44. The lowest BCUT2D eigenvalue weighted by Gasteiger charge is -2.20. The van der Waals surface area contributed by atoms with Crippen molar-refractivity contribution in [2.45, 2.75) is 33.3 Å². The summed E-state index contributed by atoms with van der Waals surface area (Å²) in [6.45, 7) is 7.01. The van der Waals surface area contributed by atoms with Crippen molar-refractivity contribution in [2.24, 2.45) is 7.05 Å². The molecule has 0 fully saturated rings. The molecule has 0 bridgehead atoms. The van der Waals surface area contributed by atoms with E-state index < -0.39 is 17.8 Å². The number of pyridine rings is 1. The van der Waals surface area contributed by atoms with Crippen LogP contribution in [0, 0.1) is 6.92 Å². The fourth-order valence-electron chi connectivity index (χ4n) is 2.01. The molecule has 0 aliphatic rings. The van der Waals surface area contributed by atoms with E-state index in [9.17, 15) is 9.59 Å². The van der Waals surface area contributed by atoms with Gasteiger partial charge in [-0.05, 0) is 39.8 Å². The predicted molar refractivity (Wildman–Crippen MR) is 90.5 cm³/mol. The number of carboxylic acid groups (broad SMARTS) is 1. The fourth-order valence-corrected chi connectivity index (χ4v) is 2.01. The Kier molecular flexibility index (Phi) is 4.91. The van der Waals surface area contributed by atoms with Crippen LogP contribution in [-0.4, -0.2) is 42.9 Å². The van der Waals surface area contributed by atoms with Gasteiger partial charge in [0.05, 0.1) is 17.1 Å². The number of aryl methyl sites for hydroxylation is 2. The highest BCUT2D eigenvalue weighted by atomic mass is 16.6. The second-order valence-corrected chi connectivity index (χ2v) is 6.30. The van der Waals surface area contributed by atoms with Crippen molar-refractivity contribution < 1.29 is 19.4 Å². The van der Waals surface area contributed by atoms with Crippen LogP contribution in [0.3, 0.4) is 0 Å². The van der Waals surface area contributed by atoms with Crippen LogP contribution in [0.2, 0.25) is 0 Å². The molecule has 2 aromatic rings. The lowest BCUT2D eigenvalue weighted by molar-refractivity contribution is 0.0635. The monoisotopic (exact) mass is 348 g/mol. The Balaban J connectivity index is 2.26. The van der Waals surface area contributed by atoms with Crippen LogP contribution in [0.25, 0.3) is 11.4 Å². The summed E-state index contributed by atoms with van der Waals surface area (Å²) in [6.07, 6.45) is -1.82. The maximum Gasteiger partial charge on any atom is 0.412 e. The Morgan fingerprint density at radius 3 is 2.48 bits per heavy atom. The molecule has 0 saturated carbocycles. The van der Waals surface area contributed by atoms with Gasteiger partial charge in [0, 0.05) is 7.05 Å². The van der Waals surface area contributed by atoms with Crippen LogP contribution < -0.4 is 10.6 Å². The average Bonchev–Trinajstić information content (AvgIpc) is 2.80. The van der Waals surface area contributed by atoms with Crippen molar-refractivity contribution in [1.29, 1.82) is 0 Å². The fraction of sp³-hybridized carbons (Fsp3) is 0.400. The molecule has 2 amide bonds. The van der Waals surface area contributed by atoms with E-state index >= 15 is 0 Å². The van der Waals surface area contributed by atoms with Crippen LogP contribution in [0.15, 0.2) is 12.1 Å². The van der Waals surface area contributed by atoms with Crippen LogP contribution >= 0.6 is 0 Å². The molecule has 2 heterocycles. The predicted octanol–water partition coefficient (Wildman–Crippen LogP) is 2.62. The molecule has 0 radical (unpaired) electrons. The van der Waals surface area contributed by atoms with Gasteiger partial charge in [0.15, 0.2) is 11.5 Å². The van der Waals surface area contributed by atoms with Gasteiger partial charge in [-0.1, -0.05) is 5.21 Å². The number of amides is 2. The quantitative estimate of drug-likeness (QED) is 0.777. The summed E-state index contributed by atoms with van der Waals surface area (Å²) in [4.78, 5) is 27.1. The van der Waals surface area contributed by atoms with Gasteiger partial charge in [-0.25, -0.2) is 19.3 Å². The maximum absolute atomic E-state index is 11.9. The minimum Gasteiger partial charge on any atom is -0.465 e. The van der Waals surface area contributed by atoms with Crippen molar-refractivity contribution in [3.63, 3.8) is 0 Å². The molecule has 25 heavy (non-hydrogen) atoms. The summed E-state index contributed by atoms with van der Waals surface area (Å²) in [5.74, 6) is 0.201. The highest BCUT2D eigenvalue weighted by molar-refractivity contribution is 5.88.